The van der Waals surface area contributed by atoms with Crippen molar-refractivity contribution >= 4 is 16.9 Å². The Kier molecular flexibility index (Phi) is 3.28. The van der Waals surface area contributed by atoms with Crippen LogP contribution in [-0.4, -0.2) is 22.7 Å². The Morgan fingerprint density at radius 1 is 1.37 bits per heavy atom. The molecule has 0 saturated carbocycles. The molecule has 1 N–H and O–H groups in total. The van der Waals surface area contributed by atoms with Crippen molar-refractivity contribution in [2.24, 2.45) is 0 Å². The molecule has 0 amide bonds. The second-order valence-corrected chi connectivity index (χ2v) is 3.62. The molecule has 1 heterocycles. The van der Waals surface area contributed by atoms with E-state index < -0.39 is 45.6 Å². The number of esters is 1. The molecule has 0 atom stereocenters. The fraction of sp³-hybridized carbons (Fsp3) is 0.167. The summed E-state index contributed by atoms with van der Waals surface area (Å²) >= 11 is 0. The van der Waals surface area contributed by atoms with Crippen LogP contribution in [0.3, 0.4) is 0 Å². The van der Waals surface area contributed by atoms with Crippen molar-refractivity contribution in [1.29, 1.82) is 0 Å². The Bertz CT molecular complexity index is 673. The van der Waals surface area contributed by atoms with Crippen LogP contribution in [0.1, 0.15) is 17.3 Å². The van der Waals surface area contributed by atoms with E-state index in [9.17, 15) is 23.1 Å². The Morgan fingerprint density at radius 2 is 2.05 bits per heavy atom. The summed E-state index contributed by atoms with van der Waals surface area (Å²) in [6, 6.07) is 0.314. The first-order valence-electron chi connectivity index (χ1n) is 5.29. The average Bonchev–Trinajstić information content (AvgIpc) is 2.36. The number of nitrogens with zero attached hydrogens (tertiary/aromatic N) is 1. The molecule has 4 nitrogen and oxygen atoms in total. The highest BCUT2D eigenvalue weighted by atomic mass is 19.2. The number of ether oxygens (including phenoxy) is 1. The first-order valence-corrected chi connectivity index (χ1v) is 5.29. The highest BCUT2D eigenvalue weighted by molar-refractivity contribution is 5.99. The summed E-state index contributed by atoms with van der Waals surface area (Å²) in [6.07, 6.45) is 0.843. The third-order valence-corrected chi connectivity index (χ3v) is 2.46. The van der Waals surface area contributed by atoms with Gasteiger partial charge in [-0.1, -0.05) is 0 Å². The van der Waals surface area contributed by atoms with Gasteiger partial charge in [0.05, 0.1) is 12.0 Å². The maximum absolute atomic E-state index is 13.6. The summed E-state index contributed by atoms with van der Waals surface area (Å²) in [5, 5.41) is 8.97. The maximum Gasteiger partial charge on any atom is 0.343 e. The SMILES string of the molecule is CCOC(=O)c1cnc2c(F)cc(F)c(F)c2c1O. The van der Waals surface area contributed by atoms with Gasteiger partial charge in [0.15, 0.2) is 17.5 Å². The van der Waals surface area contributed by atoms with Crippen molar-refractivity contribution in [3.63, 3.8) is 0 Å². The van der Waals surface area contributed by atoms with Gasteiger partial charge in [0.1, 0.15) is 16.8 Å². The second-order valence-electron chi connectivity index (χ2n) is 3.62. The molecular weight excluding hydrogens is 263 g/mol. The number of aromatic hydroxyl groups is 1. The first-order chi connectivity index (χ1) is 8.97. The molecular formula is C12H8F3NO3. The van der Waals surface area contributed by atoms with Crippen molar-refractivity contribution < 1.29 is 27.8 Å². The van der Waals surface area contributed by atoms with Gasteiger partial charge >= 0.3 is 5.97 Å². The molecule has 0 bridgehead atoms. The number of aromatic nitrogens is 1. The highest BCUT2D eigenvalue weighted by Gasteiger charge is 2.22. The predicted octanol–water partition coefficient (Wildman–Crippen LogP) is 2.53. The summed E-state index contributed by atoms with van der Waals surface area (Å²) in [6.45, 7) is 1.56. The van der Waals surface area contributed by atoms with Crippen LogP contribution in [0.4, 0.5) is 13.2 Å². The van der Waals surface area contributed by atoms with Crippen LogP contribution in [0.2, 0.25) is 0 Å². The number of rotatable bonds is 2. The molecule has 0 aliphatic carbocycles. The third kappa shape index (κ3) is 2.07. The van der Waals surface area contributed by atoms with Crippen molar-refractivity contribution in [2.45, 2.75) is 6.92 Å². The predicted molar refractivity (Wildman–Crippen MR) is 59.2 cm³/mol. The molecule has 100 valence electrons. The molecule has 0 spiro atoms. The lowest BCUT2D eigenvalue weighted by Crippen LogP contribution is -2.07. The fourth-order valence-electron chi connectivity index (χ4n) is 1.61. The van der Waals surface area contributed by atoms with Gasteiger partial charge in [-0.25, -0.2) is 18.0 Å². The van der Waals surface area contributed by atoms with Crippen LogP contribution >= 0.6 is 0 Å². The normalized spacial score (nSPS) is 10.7. The average molecular weight is 271 g/mol. The lowest BCUT2D eigenvalue weighted by atomic mass is 10.1. The molecule has 19 heavy (non-hydrogen) atoms. The zero-order valence-electron chi connectivity index (χ0n) is 9.71. The van der Waals surface area contributed by atoms with Crippen LogP contribution in [0.15, 0.2) is 12.3 Å². The highest BCUT2D eigenvalue weighted by Crippen LogP contribution is 2.32. The molecule has 0 saturated heterocycles. The van der Waals surface area contributed by atoms with E-state index in [0.717, 1.165) is 6.20 Å². The van der Waals surface area contributed by atoms with E-state index in [4.69, 9.17) is 0 Å². The van der Waals surface area contributed by atoms with Gasteiger partial charge in [0.25, 0.3) is 0 Å². The van der Waals surface area contributed by atoms with Gasteiger partial charge < -0.3 is 9.84 Å². The summed E-state index contributed by atoms with van der Waals surface area (Å²) < 4.78 is 44.7. The number of pyridine rings is 1. The number of hydrogen-bond acceptors (Lipinski definition) is 4. The quantitative estimate of drug-likeness (QED) is 0.673. The van der Waals surface area contributed by atoms with Crippen molar-refractivity contribution in [3.8, 4) is 5.75 Å². The van der Waals surface area contributed by atoms with E-state index in [1.54, 1.807) is 0 Å². The van der Waals surface area contributed by atoms with Crippen LogP contribution in [0.25, 0.3) is 10.9 Å². The molecule has 0 radical (unpaired) electrons. The smallest absolute Gasteiger partial charge is 0.343 e. The first kappa shape index (κ1) is 13.1. The molecule has 0 aliphatic rings. The van der Waals surface area contributed by atoms with Crippen molar-refractivity contribution in [1.82, 2.24) is 4.98 Å². The number of hydrogen-bond donors (Lipinski definition) is 1. The van der Waals surface area contributed by atoms with E-state index in [0.29, 0.717) is 6.07 Å². The summed E-state index contributed by atoms with van der Waals surface area (Å²) in [7, 11) is 0. The van der Waals surface area contributed by atoms with Gasteiger partial charge in [0, 0.05) is 12.3 Å². The van der Waals surface area contributed by atoms with Crippen molar-refractivity contribution in [3.05, 3.63) is 35.3 Å². The Hall–Kier alpha value is -2.31. The van der Waals surface area contributed by atoms with Gasteiger partial charge in [0.2, 0.25) is 0 Å². The van der Waals surface area contributed by atoms with E-state index in [1.165, 1.54) is 6.92 Å². The van der Waals surface area contributed by atoms with E-state index >= 15 is 0 Å². The Morgan fingerprint density at radius 3 is 2.68 bits per heavy atom. The molecule has 7 heteroatoms. The zero-order chi connectivity index (χ0) is 14.2. The summed E-state index contributed by atoms with van der Waals surface area (Å²) in [5.41, 5.74) is -1.03. The van der Waals surface area contributed by atoms with Crippen LogP contribution in [0.5, 0.6) is 5.75 Å². The minimum Gasteiger partial charge on any atom is -0.506 e. The third-order valence-electron chi connectivity index (χ3n) is 2.46. The Balaban J connectivity index is 2.77. The summed E-state index contributed by atoms with van der Waals surface area (Å²) in [4.78, 5) is 15.0. The minimum atomic E-state index is -1.48. The second kappa shape index (κ2) is 4.75. The largest absolute Gasteiger partial charge is 0.506 e. The maximum atomic E-state index is 13.6. The van der Waals surface area contributed by atoms with Crippen LogP contribution in [-0.2, 0) is 4.74 Å². The molecule has 0 fully saturated rings. The summed E-state index contributed by atoms with van der Waals surface area (Å²) in [5.74, 6) is -5.96. The minimum absolute atomic E-state index is 0.0241. The Labute approximate surface area is 105 Å². The fourth-order valence-corrected chi connectivity index (χ4v) is 1.61. The molecule has 0 aliphatic heterocycles. The monoisotopic (exact) mass is 271 g/mol. The van der Waals surface area contributed by atoms with E-state index in [-0.39, 0.29) is 6.61 Å². The number of benzene rings is 1. The van der Waals surface area contributed by atoms with Gasteiger partial charge in [-0.3, -0.25) is 4.98 Å². The number of carbonyl (C=O) groups excluding carboxylic acids is 1. The lowest BCUT2D eigenvalue weighted by molar-refractivity contribution is 0.0523. The number of carbonyl (C=O) groups is 1. The van der Waals surface area contributed by atoms with Gasteiger partial charge in [-0.15, -0.1) is 0 Å². The van der Waals surface area contributed by atoms with Crippen LogP contribution in [0, 0.1) is 17.5 Å². The molecule has 2 aromatic rings. The zero-order valence-corrected chi connectivity index (χ0v) is 9.71. The van der Waals surface area contributed by atoms with Gasteiger partial charge in [-0.2, -0.15) is 0 Å². The molecule has 1 aromatic heterocycles. The topological polar surface area (TPSA) is 59.4 Å². The van der Waals surface area contributed by atoms with E-state index in [2.05, 4.69) is 9.72 Å². The molecule has 0 unspecified atom stereocenters. The van der Waals surface area contributed by atoms with Crippen LogP contribution < -0.4 is 0 Å². The van der Waals surface area contributed by atoms with E-state index in [1.807, 2.05) is 0 Å². The molecule has 2 rings (SSSR count). The molecule has 1 aromatic carbocycles. The van der Waals surface area contributed by atoms with Gasteiger partial charge in [-0.05, 0) is 6.92 Å². The van der Waals surface area contributed by atoms with Crippen molar-refractivity contribution in [2.75, 3.05) is 6.61 Å². The lowest BCUT2D eigenvalue weighted by Gasteiger charge is -2.08. The standard InChI is InChI=1S/C12H8F3NO3/c1-2-19-12(18)5-4-16-10-7(14)3-6(13)9(15)8(10)11(5)17/h3-4H,2H2,1H3,(H,16,17). The number of halogens is 3. The number of fused-ring (bicyclic) bond motifs is 1.